The van der Waals surface area contributed by atoms with E-state index in [1.165, 1.54) is 12.1 Å². The smallest absolute Gasteiger partial charge is 0.336 e. The first-order valence-corrected chi connectivity index (χ1v) is 12.9. The number of nitrogens with one attached hydrogen (secondary N) is 1. The third-order valence-electron chi connectivity index (χ3n) is 6.26. The topological polar surface area (TPSA) is 55.4 Å². The summed E-state index contributed by atoms with van der Waals surface area (Å²) in [4.78, 5) is 26.7. The third-order valence-corrected chi connectivity index (χ3v) is 7.37. The van der Waals surface area contributed by atoms with Crippen LogP contribution in [0.3, 0.4) is 0 Å². The number of ketones is 1. The van der Waals surface area contributed by atoms with Crippen molar-refractivity contribution in [2.24, 2.45) is 0 Å². The molecule has 0 saturated carbocycles. The molecule has 0 saturated heterocycles. The predicted octanol–water partition coefficient (Wildman–Crippen LogP) is 6.14. The lowest BCUT2D eigenvalue weighted by Gasteiger charge is -2.36. The number of hydrogen-bond donors (Lipinski definition) is 1. The summed E-state index contributed by atoms with van der Waals surface area (Å²) in [7, 11) is 0. The van der Waals surface area contributed by atoms with Crippen molar-refractivity contribution in [1.82, 2.24) is 5.32 Å². The maximum Gasteiger partial charge on any atom is 0.336 e. The number of halogens is 2. The third kappa shape index (κ3) is 5.23. The largest absolute Gasteiger partial charge is 0.461 e. The zero-order valence-electron chi connectivity index (χ0n) is 19.2. The first-order valence-electron chi connectivity index (χ1n) is 11.4. The van der Waals surface area contributed by atoms with E-state index in [0.717, 1.165) is 17.0 Å². The van der Waals surface area contributed by atoms with Gasteiger partial charge in [-0.15, -0.1) is 0 Å². The lowest BCUT2D eigenvalue weighted by Crippen LogP contribution is -2.36. The molecule has 0 aromatic heterocycles. The number of benzene rings is 2. The van der Waals surface area contributed by atoms with Crippen LogP contribution >= 0.6 is 23.4 Å². The van der Waals surface area contributed by atoms with E-state index in [4.69, 9.17) is 16.3 Å². The Morgan fingerprint density at radius 3 is 2.47 bits per heavy atom. The highest BCUT2D eigenvalue weighted by atomic mass is 35.5. The van der Waals surface area contributed by atoms with Crippen molar-refractivity contribution in [3.8, 4) is 0 Å². The SMILES string of the molecule is CCSCCOC(=O)C1=C(C)NC2=C(C(=O)C[C@H](c3ccc(Cl)cc3)C2)[C@@H]1c1ccc(F)cc1. The highest BCUT2D eigenvalue weighted by molar-refractivity contribution is 7.99. The van der Waals surface area contributed by atoms with Crippen LogP contribution in [0.2, 0.25) is 5.02 Å². The monoisotopic (exact) mass is 499 g/mol. The van der Waals surface area contributed by atoms with Gasteiger partial charge in [-0.05, 0) is 60.4 Å². The fourth-order valence-electron chi connectivity index (χ4n) is 4.68. The van der Waals surface area contributed by atoms with Gasteiger partial charge in [-0.25, -0.2) is 9.18 Å². The Morgan fingerprint density at radius 2 is 1.79 bits per heavy atom. The molecule has 178 valence electrons. The van der Waals surface area contributed by atoms with E-state index < -0.39 is 11.9 Å². The minimum absolute atomic E-state index is 0.0113. The van der Waals surface area contributed by atoms with Crippen LogP contribution in [0.4, 0.5) is 4.39 Å². The molecule has 2 aliphatic rings. The first-order chi connectivity index (χ1) is 16.4. The number of Topliss-reactive ketones (excluding diaryl/α,β-unsaturated/α-hetero) is 1. The zero-order chi connectivity index (χ0) is 24.2. The van der Waals surface area contributed by atoms with E-state index in [1.807, 2.05) is 31.2 Å². The van der Waals surface area contributed by atoms with Gasteiger partial charge in [0.25, 0.3) is 0 Å². The molecule has 0 bridgehead atoms. The number of dihydropyridines is 1. The Bertz CT molecular complexity index is 1140. The average Bonchev–Trinajstić information content (AvgIpc) is 2.81. The van der Waals surface area contributed by atoms with Gasteiger partial charge in [-0.1, -0.05) is 42.8 Å². The van der Waals surface area contributed by atoms with Crippen molar-refractivity contribution in [1.29, 1.82) is 0 Å². The fraction of sp³-hybridized carbons (Fsp3) is 0.333. The first kappa shape index (κ1) is 24.6. The Morgan fingerprint density at radius 1 is 1.12 bits per heavy atom. The summed E-state index contributed by atoms with van der Waals surface area (Å²) in [5.41, 5.74) is 4.18. The fourth-order valence-corrected chi connectivity index (χ4v) is 5.30. The highest BCUT2D eigenvalue weighted by Crippen LogP contribution is 2.45. The zero-order valence-corrected chi connectivity index (χ0v) is 20.8. The van der Waals surface area contributed by atoms with E-state index in [2.05, 4.69) is 12.2 Å². The van der Waals surface area contributed by atoms with Crippen LogP contribution in [0, 0.1) is 5.82 Å². The molecule has 4 nitrogen and oxygen atoms in total. The van der Waals surface area contributed by atoms with Crippen LogP contribution in [0.25, 0.3) is 0 Å². The summed E-state index contributed by atoms with van der Waals surface area (Å²) in [6, 6.07) is 13.6. The van der Waals surface area contributed by atoms with Gasteiger partial charge in [-0.3, -0.25) is 4.79 Å². The highest BCUT2D eigenvalue weighted by Gasteiger charge is 2.41. The van der Waals surface area contributed by atoms with Crippen molar-refractivity contribution in [2.45, 2.75) is 38.5 Å². The number of carbonyl (C=O) groups excluding carboxylic acids is 2. The van der Waals surface area contributed by atoms with E-state index in [9.17, 15) is 14.0 Å². The lowest BCUT2D eigenvalue weighted by molar-refractivity contribution is -0.138. The van der Waals surface area contributed by atoms with Gasteiger partial charge in [-0.2, -0.15) is 11.8 Å². The molecule has 1 aliphatic heterocycles. The number of esters is 1. The van der Waals surface area contributed by atoms with Gasteiger partial charge in [0.05, 0.1) is 5.57 Å². The summed E-state index contributed by atoms with van der Waals surface area (Å²) >= 11 is 7.73. The molecule has 34 heavy (non-hydrogen) atoms. The van der Waals surface area contributed by atoms with Gasteiger partial charge in [0.2, 0.25) is 0 Å². The Balaban J connectivity index is 1.70. The van der Waals surface area contributed by atoms with Gasteiger partial charge in [0, 0.05) is 40.1 Å². The van der Waals surface area contributed by atoms with Gasteiger partial charge in [0.1, 0.15) is 12.4 Å². The molecule has 0 radical (unpaired) electrons. The second-order valence-electron chi connectivity index (χ2n) is 8.45. The standard InChI is InChI=1S/C27H27ClFNO3S/c1-3-34-13-12-33-27(32)24-16(2)30-22-14-19(17-4-8-20(28)9-5-17)15-23(31)26(22)25(24)18-6-10-21(29)11-7-18/h4-11,19,25,30H,3,12-15H2,1-2H3/t19-,25-/m1/s1. The number of thioether (sulfide) groups is 1. The second kappa shape index (κ2) is 10.8. The molecule has 2 aromatic carbocycles. The molecule has 1 aliphatic carbocycles. The number of allylic oxidation sites excluding steroid dienone is 3. The summed E-state index contributed by atoms with van der Waals surface area (Å²) in [5, 5.41) is 3.99. The van der Waals surface area contributed by atoms with Gasteiger partial charge < -0.3 is 10.1 Å². The molecule has 0 fully saturated rings. The van der Waals surface area contributed by atoms with E-state index in [-0.39, 0.29) is 17.5 Å². The van der Waals surface area contributed by atoms with E-state index >= 15 is 0 Å². The maximum atomic E-state index is 13.7. The molecular formula is C27H27ClFNO3S. The van der Waals surface area contributed by atoms with Crippen LogP contribution in [0.15, 0.2) is 71.1 Å². The predicted molar refractivity (Wildman–Crippen MR) is 134 cm³/mol. The number of rotatable bonds is 7. The Kier molecular flexibility index (Phi) is 7.79. The molecule has 0 spiro atoms. The Hall–Kier alpha value is -2.57. The van der Waals surface area contributed by atoms with Crippen molar-refractivity contribution in [3.63, 3.8) is 0 Å². The van der Waals surface area contributed by atoms with Crippen LogP contribution in [-0.2, 0) is 14.3 Å². The molecule has 1 N–H and O–H groups in total. The molecule has 2 aromatic rings. The molecule has 7 heteroatoms. The van der Waals surface area contributed by atoms with E-state index in [0.29, 0.717) is 52.6 Å². The molecular weight excluding hydrogens is 473 g/mol. The minimum Gasteiger partial charge on any atom is -0.461 e. The maximum absolute atomic E-state index is 13.7. The van der Waals surface area contributed by atoms with Crippen molar-refractivity contribution < 1.29 is 18.7 Å². The minimum atomic E-state index is -0.596. The molecule has 1 heterocycles. The van der Waals surface area contributed by atoms with Crippen molar-refractivity contribution in [3.05, 3.63) is 93.0 Å². The van der Waals surface area contributed by atoms with Crippen LogP contribution < -0.4 is 5.32 Å². The van der Waals surface area contributed by atoms with Gasteiger partial charge >= 0.3 is 5.97 Å². The summed E-state index contributed by atoms with van der Waals surface area (Å²) in [6.45, 7) is 4.17. The van der Waals surface area contributed by atoms with Crippen LogP contribution in [-0.4, -0.2) is 29.9 Å². The molecule has 2 atom stereocenters. The van der Waals surface area contributed by atoms with Crippen molar-refractivity contribution >= 4 is 35.1 Å². The molecule has 0 amide bonds. The average molecular weight is 500 g/mol. The number of ether oxygens (including phenoxy) is 1. The molecule has 4 rings (SSSR count). The van der Waals surface area contributed by atoms with Gasteiger partial charge in [0.15, 0.2) is 5.78 Å². The molecule has 0 unspecified atom stereocenters. The summed E-state index contributed by atoms with van der Waals surface area (Å²) < 4.78 is 19.3. The van der Waals surface area contributed by atoms with Crippen LogP contribution in [0.5, 0.6) is 0 Å². The number of hydrogen-bond acceptors (Lipinski definition) is 5. The number of carbonyl (C=O) groups is 2. The second-order valence-corrected chi connectivity index (χ2v) is 10.3. The van der Waals surface area contributed by atoms with E-state index in [1.54, 1.807) is 23.9 Å². The normalized spacial score (nSPS) is 20.2. The van der Waals surface area contributed by atoms with Crippen molar-refractivity contribution in [2.75, 3.05) is 18.1 Å². The Labute approximate surface area is 208 Å². The van der Waals surface area contributed by atoms with Crippen LogP contribution in [0.1, 0.15) is 49.7 Å². The summed E-state index contributed by atoms with van der Waals surface area (Å²) in [6.07, 6.45) is 0.960. The lowest BCUT2D eigenvalue weighted by atomic mass is 9.72. The summed E-state index contributed by atoms with van der Waals surface area (Å²) in [5.74, 6) is 0.222. The quantitative estimate of drug-likeness (QED) is 0.366.